The molecule has 0 saturated carbocycles. The maximum atomic E-state index is 6.07. The summed E-state index contributed by atoms with van der Waals surface area (Å²) in [7, 11) is 0. The fraction of sp³-hybridized carbons (Fsp3) is 0.182. The van der Waals surface area contributed by atoms with Crippen LogP contribution in [0.5, 0.6) is 0 Å². The first-order valence-corrected chi connectivity index (χ1v) is 5.72. The summed E-state index contributed by atoms with van der Waals surface area (Å²) in [5.41, 5.74) is 7.40. The number of aryl methyl sites for hydroxylation is 1. The fourth-order valence-electron chi connectivity index (χ4n) is 1.84. The molecule has 0 bridgehead atoms. The van der Waals surface area contributed by atoms with Gasteiger partial charge in [-0.15, -0.1) is 0 Å². The van der Waals surface area contributed by atoms with Crippen LogP contribution in [0.15, 0.2) is 22.7 Å². The van der Waals surface area contributed by atoms with Gasteiger partial charge in [0, 0.05) is 0 Å². The SMILES string of the molecule is Cc1noc(Cn2c(N)nc3c(Cl)cccc32)n1. The highest BCUT2D eigenvalue weighted by Gasteiger charge is 2.13. The summed E-state index contributed by atoms with van der Waals surface area (Å²) in [6.07, 6.45) is 0. The third kappa shape index (κ3) is 1.70. The number of benzene rings is 1. The Hall–Kier alpha value is -2.08. The lowest BCUT2D eigenvalue weighted by atomic mass is 10.3. The molecule has 0 atom stereocenters. The predicted molar refractivity (Wildman–Crippen MR) is 67.3 cm³/mol. The van der Waals surface area contributed by atoms with Crippen LogP contribution in [-0.4, -0.2) is 19.7 Å². The Morgan fingerprint density at radius 2 is 2.22 bits per heavy atom. The van der Waals surface area contributed by atoms with Crippen molar-refractivity contribution >= 4 is 28.6 Å². The number of anilines is 1. The summed E-state index contributed by atoms with van der Waals surface area (Å²) < 4.78 is 6.86. The number of nitrogens with zero attached hydrogens (tertiary/aromatic N) is 4. The standard InChI is InChI=1S/C11H10ClN5O/c1-6-14-9(18-16-6)5-17-8-4-2-3-7(12)10(8)15-11(17)13/h2-4H,5H2,1H3,(H2,13,15). The third-order valence-electron chi connectivity index (χ3n) is 2.62. The van der Waals surface area contributed by atoms with Crippen molar-refractivity contribution in [2.45, 2.75) is 13.5 Å². The molecule has 2 aromatic heterocycles. The molecule has 7 heteroatoms. The highest BCUT2D eigenvalue weighted by Crippen LogP contribution is 2.25. The van der Waals surface area contributed by atoms with Crippen molar-refractivity contribution in [2.24, 2.45) is 0 Å². The quantitative estimate of drug-likeness (QED) is 0.765. The maximum Gasteiger partial charge on any atom is 0.246 e. The van der Waals surface area contributed by atoms with Crippen LogP contribution in [0.1, 0.15) is 11.7 Å². The Labute approximate surface area is 107 Å². The van der Waals surface area contributed by atoms with E-state index in [1.165, 1.54) is 0 Å². The number of hydrogen-bond acceptors (Lipinski definition) is 5. The van der Waals surface area contributed by atoms with Crippen LogP contribution in [0, 0.1) is 6.92 Å². The van der Waals surface area contributed by atoms with Gasteiger partial charge in [0.25, 0.3) is 0 Å². The van der Waals surface area contributed by atoms with Crippen LogP contribution in [0.4, 0.5) is 5.95 Å². The van der Waals surface area contributed by atoms with Gasteiger partial charge in [0.1, 0.15) is 12.1 Å². The second-order valence-corrected chi connectivity index (χ2v) is 4.31. The van der Waals surface area contributed by atoms with E-state index >= 15 is 0 Å². The van der Waals surface area contributed by atoms with Crippen molar-refractivity contribution in [3.05, 3.63) is 34.9 Å². The van der Waals surface area contributed by atoms with Crippen LogP contribution in [0.2, 0.25) is 5.02 Å². The van der Waals surface area contributed by atoms with Gasteiger partial charge in [0.2, 0.25) is 11.8 Å². The molecule has 0 aliphatic heterocycles. The molecule has 0 fully saturated rings. The summed E-state index contributed by atoms with van der Waals surface area (Å²) in [4.78, 5) is 8.38. The van der Waals surface area contributed by atoms with Crippen LogP contribution in [0.3, 0.4) is 0 Å². The monoisotopic (exact) mass is 263 g/mol. The number of rotatable bonds is 2. The van der Waals surface area contributed by atoms with E-state index in [1.807, 2.05) is 12.1 Å². The summed E-state index contributed by atoms with van der Waals surface area (Å²) in [5.74, 6) is 1.44. The molecule has 6 nitrogen and oxygen atoms in total. The molecule has 92 valence electrons. The molecule has 0 saturated heterocycles. The van der Waals surface area contributed by atoms with Crippen LogP contribution < -0.4 is 5.73 Å². The van der Waals surface area contributed by atoms with E-state index in [9.17, 15) is 0 Å². The second kappa shape index (κ2) is 3.99. The molecule has 1 aromatic carbocycles. The van der Waals surface area contributed by atoms with E-state index < -0.39 is 0 Å². The van der Waals surface area contributed by atoms with Gasteiger partial charge in [0.15, 0.2) is 5.82 Å². The topological polar surface area (TPSA) is 82.8 Å². The lowest BCUT2D eigenvalue weighted by Crippen LogP contribution is -2.04. The molecule has 0 amide bonds. The van der Waals surface area contributed by atoms with E-state index in [4.69, 9.17) is 21.9 Å². The molecule has 3 aromatic rings. The minimum absolute atomic E-state index is 0.369. The number of para-hydroxylation sites is 1. The Balaban J connectivity index is 2.11. The highest BCUT2D eigenvalue weighted by atomic mass is 35.5. The van der Waals surface area contributed by atoms with E-state index in [0.29, 0.717) is 34.7 Å². The van der Waals surface area contributed by atoms with Crippen LogP contribution >= 0.6 is 11.6 Å². The minimum Gasteiger partial charge on any atom is -0.369 e. The van der Waals surface area contributed by atoms with Crippen molar-refractivity contribution < 1.29 is 4.52 Å². The Bertz CT molecular complexity index is 717. The second-order valence-electron chi connectivity index (χ2n) is 3.90. The van der Waals surface area contributed by atoms with E-state index in [0.717, 1.165) is 5.52 Å². The highest BCUT2D eigenvalue weighted by molar-refractivity contribution is 6.35. The van der Waals surface area contributed by atoms with Crippen LogP contribution in [-0.2, 0) is 6.54 Å². The summed E-state index contributed by atoms with van der Waals surface area (Å²) in [6, 6.07) is 5.52. The average molecular weight is 264 g/mol. The van der Waals surface area contributed by atoms with Gasteiger partial charge in [-0.25, -0.2) is 4.98 Å². The number of halogens is 1. The van der Waals surface area contributed by atoms with Gasteiger partial charge < -0.3 is 14.8 Å². The van der Waals surface area contributed by atoms with E-state index in [-0.39, 0.29) is 0 Å². The van der Waals surface area contributed by atoms with Crippen molar-refractivity contribution in [1.82, 2.24) is 19.7 Å². The van der Waals surface area contributed by atoms with Gasteiger partial charge in [-0.1, -0.05) is 22.8 Å². The molecule has 0 unspecified atom stereocenters. The molecular formula is C11H10ClN5O. The molecular weight excluding hydrogens is 254 g/mol. The van der Waals surface area contributed by atoms with Crippen molar-refractivity contribution in [3.8, 4) is 0 Å². The van der Waals surface area contributed by atoms with Gasteiger partial charge in [-0.05, 0) is 19.1 Å². The smallest absolute Gasteiger partial charge is 0.246 e. The number of aromatic nitrogens is 4. The molecule has 2 heterocycles. The summed E-state index contributed by atoms with van der Waals surface area (Å²) in [5, 5.41) is 4.31. The molecule has 18 heavy (non-hydrogen) atoms. The third-order valence-corrected chi connectivity index (χ3v) is 2.93. The molecule has 0 aliphatic rings. The van der Waals surface area contributed by atoms with Gasteiger partial charge in [0.05, 0.1) is 10.5 Å². The number of nitrogen functional groups attached to an aromatic ring is 1. The zero-order chi connectivity index (χ0) is 12.7. The first-order chi connectivity index (χ1) is 8.65. The fourth-order valence-corrected chi connectivity index (χ4v) is 2.05. The lowest BCUT2D eigenvalue weighted by Gasteiger charge is -2.02. The van der Waals surface area contributed by atoms with Crippen LogP contribution in [0.25, 0.3) is 11.0 Å². The number of nitrogens with two attached hydrogens (primary N) is 1. The van der Waals surface area contributed by atoms with Gasteiger partial charge in [-0.3, -0.25) is 0 Å². The predicted octanol–water partition coefficient (Wildman–Crippen LogP) is 2.01. The Morgan fingerprint density at radius 3 is 2.94 bits per heavy atom. The molecule has 0 radical (unpaired) electrons. The zero-order valence-corrected chi connectivity index (χ0v) is 10.3. The normalized spacial score (nSPS) is 11.2. The molecule has 0 spiro atoms. The number of imidazole rings is 1. The Kier molecular flexibility index (Phi) is 2.45. The van der Waals surface area contributed by atoms with Crippen molar-refractivity contribution in [3.63, 3.8) is 0 Å². The lowest BCUT2D eigenvalue weighted by molar-refractivity contribution is 0.369. The summed E-state index contributed by atoms with van der Waals surface area (Å²) in [6.45, 7) is 2.14. The number of fused-ring (bicyclic) bond motifs is 1. The van der Waals surface area contributed by atoms with E-state index in [2.05, 4.69) is 15.1 Å². The molecule has 3 rings (SSSR count). The van der Waals surface area contributed by atoms with Gasteiger partial charge in [-0.2, -0.15) is 4.98 Å². The largest absolute Gasteiger partial charge is 0.369 e. The van der Waals surface area contributed by atoms with Crippen molar-refractivity contribution in [2.75, 3.05) is 5.73 Å². The first-order valence-electron chi connectivity index (χ1n) is 5.34. The summed E-state index contributed by atoms with van der Waals surface area (Å²) >= 11 is 6.07. The Morgan fingerprint density at radius 1 is 1.39 bits per heavy atom. The minimum atomic E-state index is 0.369. The molecule has 0 aliphatic carbocycles. The van der Waals surface area contributed by atoms with Gasteiger partial charge >= 0.3 is 0 Å². The number of hydrogen-bond donors (Lipinski definition) is 1. The van der Waals surface area contributed by atoms with Crippen molar-refractivity contribution in [1.29, 1.82) is 0 Å². The van der Waals surface area contributed by atoms with E-state index in [1.54, 1.807) is 17.6 Å². The zero-order valence-electron chi connectivity index (χ0n) is 9.59. The first kappa shape index (κ1) is 11.0. The average Bonchev–Trinajstić information content (AvgIpc) is 2.87. The maximum absolute atomic E-state index is 6.07. The molecule has 2 N–H and O–H groups in total.